The molecule has 0 saturated carbocycles. The number of carbonyl (C=O) groups is 1. The van der Waals surface area contributed by atoms with Crippen LogP contribution in [0.3, 0.4) is 0 Å². The van der Waals surface area contributed by atoms with Gasteiger partial charge in [0.25, 0.3) is 5.24 Å². The largest absolute Gasteiger partial charge is 0.340 e. The zero-order valence-corrected chi connectivity index (χ0v) is 6.82. The zero-order valence-electron chi connectivity index (χ0n) is 5.24. The van der Waals surface area contributed by atoms with E-state index in [2.05, 4.69) is 4.98 Å². The summed E-state index contributed by atoms with van der Waals surface area (Å²) in [4.78, 5) is 14.0. The third-order valence-electron chi connectivity index (χ3n) is 0.906. The highest BCUT2D eigenvalue weighted by molar-refractivity contribution is 6.67. The van der Waals surface area contributed by atoms with Gasteiger partial charge in [-0.15, -0.1) is 12.4 Å². The minimum atomic E-state index is -0.518. The summed E-state index contributed by atoms with van der Waals surface area (Å²) in [6.07, 6.45) is 3.09. The Balaban J connectivity index is 0.000000810. The van der Waals surface area contributed by atoms with Crippen LogP contribution in [-0.4, -0.2) is 14.8 Å². The molecule has 0 amide bonds. The first-order valence-corrected chi connectivity index (χ1v) is 2.76. The Hall–Kier alpha value is -0.540. The van der Waals surface area contributed by atoms with Crippen molar-refractivity contribution in [1.82, 2.24) is 9.55 Å². The van der Waals surface area contributed by atoms with E-state index in [0.29, 0.717) is 5.69 Å². The average Bonchev–Trinajstić information content (AvgIpc) is 2.14. The minimum Gasteiger partial charge on any atom is -0.340 e. The fraction of sp³-hybridized carbons (Fsp3) is 0.200. The van der Waals surface area contributed by atoms with Crippen LogP contribution >= 0.6 is 24.0 Å². The maximum absolute atomic E-state index is 10.3. The van der Waals surface area contributed by atoms with Crippen molar-refractivity contribution in [3.63, 3.8) is 0 Å². The van der Waals surface area contributed by atoms with Crippen molar-refractivity contribution in [3.05, 3.63) is 18.2 Å². The van der Waals surface area contributed by atoms with Gasteiger partial charge in [-0.1, -0.05) is 0 Å². The predicted octanol–water partition coefficient (Wildman–Crippen LogP) is 1.22. The molecular weight excluding hydrogens is 175 g/mol. The summed E-state index contributed by atoms with van der Waals surface area (Å²) in [5.41, 5.74) is 0.291. The smallest absolute Gasteiger partial charge is 0.272 e. The van der Waals surface area contributed by atoms with Crippen molar-refractivity contribution < 1.29 is 4.79 Å². The molecule has 0 aromatic carbocycles. The molecule has 0 spiro atoms. The lowest BCUT2D eigenvalue weighted by molar-refractivity contribution is 0.107. The first-order chi connectivity index (χ1) is 4.20. The molecule has 1 aromatic heterocycles. The van der Waals surface area contributed by atoms with Crippen LogP contribution in [0.1, 0.15) is 10.5 Å². The molecule has 0 aliphatic carbocycles. The second-order valence-corrected chi connectivity index (χ2v) is 2.04. The summed E-state index contributed by atoms with van der Waals surface area (Å²) >= 11 is 5.10. The number of hydrogen-bond acceptors (Lipinski definition) is 2. The van der Waals surface area contributed by atoms with Crippen LogP contribution in [0.5, 0.6) is 0 Å². The van der Waals surface area contributed by atoms with Crippen LogP contribution in [0.25, 0.3) is 0 Å². The summed E-state index contributed by atoms with van der Waals surface area (Å²) in [6.45, 7) is 0. The van der Waals surface area contributed by atoms with Gasteiger partial charge >= 0.3 is 0 Å². The molecule has 0 radical (unpaired) electrons. The molecule has 0 unspecified atom stereocenters. The van der Waals surface area contributed by atoms with Crippen LogP contribution in [-0.2, 0) is 7.05 Å². The van der Waals surface area contributed by atoms with E-state index in [-0.39, 0.29) is 12.4 Å². The molecule has 1 heterocycles. The van der Waals surface area contributed by atoms with E-state index in [4.69, 9.17) is 11.6 Å². The van der Waals surface area contributed by atoms with Crippen LogP contribution in [0, 0.1) is 0 Å². The van der Waals surface area contributed by atoms with E-state index in [0.717, 1.165) is 0 Å². The predicted molar refractivity (Wildman–Crippen MR) is 40.6 cm³/mol. The molecule has 3 nitrogen and oxygen atoms in total. The van der Waals surface area contributed by atoms with Crippen LogP contribution in [0.4, 0.5) is 0 Å². The monoisotopic (exact) mass is 180 g/mol. The molecule has 0 atom stereocenters. The highest BCUT2D eigenvalue weighted by Gasteiger charge is 2.02. The first kappa shape index (κ1) is 9.46. The van der Waals surface area contributed by atoms with Crippen LogP contribution < -0.4 is 0 Å². The first-order valence-electron chi connectivity index (χ1n) is 2.38. The van der Waals surface area contributed by atoms with Gasteiger partial charge in [-0.2, -0.15) is 0 Å². The third kappa shape index (κ3) is 2.01. The number of imidazole rings is 1. The molecule has 5 heteroatoms. The van der Waals surface area contributed by atoms with E-state index >= 15 is 0 Å². The molecule has 0 aliphatic rings. The molecular formula is C5H6Cl2N2O. The fourth-order valence-electron chi connectivity index (χ4n) is 0.514. The van der Waals surface area contributed by atoms with Gasteiger partial charge in [-0.3, -0.25) is 4.79 Å². The van der Waals surface area contributed by atoms with Crippen LogP contribution in [0.15, 0.2) is 12.5 Å². The molecule has 0 N–H and O–H groups in total. The quantitative estimate of drug-likeness (QED) is 0.610. The Morgan fingerprint density at radius 2 is 2.40 bits per heavy atom. The maximum atomic E-state index is 10.3. The Morgan fingerprint density at radius 3 is 2.60 bits per heavy atom. The van der Waals surface area contributed by atoms with Gasteiger partial charge in [0.15, 0.2) is 0 Å². The lowest BCUT2D eigenvalue weighted by Gasteiger charge is -1.80. The van der Waals surface area contributed by atoms with Crippen molar-refractivity contribution in [3.8, 4) is 0 Å². The number of aromatic nitrogens is 2. The molecule has 10 heavy (non-hydrogen) atoms. The Labute approximate surface area is 69.4 Å². The van der Waals surface area contributed by atoms with E-state index in [1.54, 1.807) is 17.8 Å². The third-order valence-corrected chi connectivity index (χ3v) is 1.10. The average molecular weight is 181 g/mol. The normalized spacial score (nSPS) is 8.60. The second kappa shape index (κ2) is 3.58. The van der Waals surface area contributed by atoms with Gasteiger partial charge in [0.1, 0.15) is 5.69 Å². The molecule has 0 bridgehead atoms. The van der Waals surface area contributed by atoms with E-state index in [1.807, 2.05) is 0 Å². The highest BCUT2D eigenvalue weighted by Crippen LogP contribution is 1.97. The number of aryl methyl sites for hydroxylation is 1. The van der Waals surface area contributed by atoms with Crippen molar-refractivity contribution >= 4 is 29.3 Å². The minimum absolute atomic E-state index is 0. The summed E-state index contributed by atoms with van der Waals surface area (Å²) in [6, 6.07) is 0. The Kier molecular flexibility index (Phi) is 3.39. The van der Waals surface area contributed by atoms with Crippen molar-refractivity contribution in [2.75, 3.05) is 0 Å². The van der Waals surface area contributed by atoms with Crippen molar-refractivity contribution in [1.29, 1.82) is 0 Å². The second-order valence-electron chi connectivity index (χ2n) is 1.70. The van der Waals surface area contributed by atoms with Gasteiger partial charge in [0, 0.05) is 13.2 Å². The zero-order chi connectivity index (χ0) is 6.85. The number of rotatable bonds is 1. The number of carbonyl (C=O) groups excluding carboxylic acids is 1. The van der Waals surface area contributed by atoms with Crippen LogP contribution in [0.2, 0.25) is 0 Å². The topological polar surface area (TPSA) is 34.9 Å². The highest BCUT2D eigenvalue weighted by atomic mass is 35.5. The van der Waals surface area contributed by atoms with Crippen molar-refractivity contribution in [2.24, 2.45) is 7.05 Å². The van der Waals surface area contributed by atoms with Gasteiger partial charge < -0.3 is 4.57 Å². The Morgan fingerprint density at radius 1 is 1.80 bits per heavy atom. The van der Waals surface area contributed by atoms with Gasteiger partial charge in [0.2, 0.25) is 0 Å². The maximum Gasteiger partial charge on any atom is 0.272 e. The van der Waals surface area contributed by atoms with E-state index in [1.165, 1.54) is 6.33 Å². The van der Waals surface area contributed by atoms with Gasteiger partial charge in [-0.25, -0.2) is 4.98 Å². The molecule has 0 saturated heterocycles. The summed E-state index contributed by atoms with van der Waals surface area (Å²) in [5, 5.41) is -0.518. The van der Waals surface area contributed by atoms with E-state index in [9.17, 15) is 4.79 Å². The summed E-state index contributed by atoms with van der Waals surface area (Å²) < 4.78 is 1.66. The number of nitrogens with zero attached hydrogens (tertiary/aromatic N) is 2. The lowest BCUT2D eigenvalue weighted by atomic mass is 10.5. The summed E-state index contributed by atoms with van der Waals surface area (Å²) in [5.74, 6) is 0. The van der Waals surface area contributed by atoms with Crippen molar-refractivity contribution in [2.45, 2.75) is 0 Å². The lowest BCUT2D eigenvalue weighted by Crippen LogP contribution is -1.86. The number of hydrogen-bond donors (Lipinski definition) is 0. The van der Waals surface area contributed by atoms with Gasteiger partial charge in [0.05, 0.1) is 6.33 Å². The molecule has 0 fully saturated rings. The van der Waals surface area contributed by atoms with E-state index < -0.39 is 5.24 Å². The fourth-order valence-corrected chi connectivity index (χ4v) is 0.612. The Bertz CT molecular complexity index is 233. The molecule has 1 rings (SSSR count). The summed E-state index contributed by atoms with van der Waals surface area (Å²) in [7, 11) is 1.77. The SMILES string of the molecule is Cl.Cn1cnc(C(=O)Cl)c1. The molecule has 56 valence electrons. The standard InChI is InChI=1S/C5H5ClN2O.ClH/c1-8-2-4(5(6)9)7-3-8;/h2-3H,1H3;1H. The molecule has 1 aromatic rings. The molecule has 0 aliphatic heterocycles. The van der Waals surface area contributed by atoms with Gasteiger partial charge in [-0.05, 0) is 11.6 Å². The number of halogens is 2.